The van der Waals surface area contributed by atoms with Gasteiger partial charge >= 0.3 is 11.7 Å². The summed E-state index contributed by atoms with van der Waals surface area (Å²) >= 11 is 1.50. The summed E-state index contributed by atoms with van der Waals surface area (Å²) in [6.07, 6.45) is 2.40. The summed E-state index contributed by atoms with van der Waals surface area (Å²) in [5.74, 6) is -0.820. The van der Waals surface area contributed by atoms with Gasteiger partial charge in [0.1, 0.15) is 6.04 Å². The van der Waals surface area contributed by atoms with Crippen molar-refractivity contribution in [3.8, 4) is 0 Å². The van der Waals surface area contributed by atoms with Crippen LogP contribution in [0.2, 0.25) is 0 Å². The van der Waals surface area contributed by atoms with Gasteiger partial charge in [-0.25, -0.2) is 9.36 Å². The molecule has 2 rings (SSSR count). The highest BCUT2D eigenvalue weighted by Crippen LogP contribution is 2.13. The fraction of sp³-hybridized carbons (Fsp3) is 0.412. The SMILES string of the molecule is CSCC[C@H](C(=O)NCCCC(=O)O)n1c(=O)[nH]c2ccccc2c1=O. The van der Waals surface area contributed by atoms with Gasteiger partial charge in [0.25, 0.3) is 5.56 Å². The van der Waals surface area contributed by atoms with Gasteiger partial charge < -0.3 is 15.4 Å². The number of carboxylic acid groups (broad SMARTS) is 1. The van der Waals surface area contributed by atoms with Gasteiger partial charge in [-0.1, -0.05) is 12.1 Å². The second-order valence-corrected chi connectivity index (χ2v) is 6.72. The smallest absolute Gasteiger partial charge is 0.329 e. The first-order valence-corrected chi connectivity index (χ1v) is 9.57. The number of para-hydroxylation sites is 1. The van der Waals surface area contributed by atoms with Crippen LogP contribution in [0.5, 0.6) is 0 Å². The molecule has 1 aromatic carbocycles. The fourth-order valence-corrected chi connectivity index (χ4v) is 3.09. The number of carboxylic acids is 1. The van der Waals surface area contributed by atoms with Gasteiger partial charge in [-0.05, 0) is 37.0 Å². The first kappa shape index (κ1) is 19.8. The van der Waals surface area contributed by atoms with Crippen LogP contribution in [0, 0.1) is 0 Å². The Morgan fingerprint density at radius 1 is 1.31 bits per heavy atom. The van der Waals surface area contributed by atoms with Crippen LogP contribution in [0.15, 0.2) is 33.9 Å². The summed E-state index contributed by atoms with van der Waals surface area (Å²) in [5.41, 5.74) is -0.735. The van der Waals surface area contributed by atoms with Crippen molar-refractivity contribution in [1.29, 1.82) is 0 Å². The molecule has 0 aliphatic rings. The van der Waals surface area contributed by atoms with E-state index in [1.165, 1.54) is 11.8 Å². The second-order valence-electron chi connectivity index (χ2n) is 5.74. The van der Waals surface area contributed by atoms with Crippen LogP contribution in [0.1, 0.15) is 25.3 Å². The molecule has 8 nitrogen and oxygen atoms in total. The highest BCUT2D eigenvalue weighted by Gasteiger charge is 2.24. The molecule has 1 atom stereocenters. The van der Waals surface area contributed by atoms with E-state index in [0.29, 0.717) is 23.1 Å². The lowest BCUT2D eigenvalue weighted by atomic mass is 10.1. The van der Waals surface area contributed by atoms with Crippen molar-refractivity contribution >= 4 is 34.5 Å². The molecule has 0 saturated heterocycles. The van der Waals surface area contributed by atoms with Crippen LogP contribution >= 0.6 is 11.8 Å². The molecular weight excluding hydrogens is 358 g/mol. The summed E-state index contributed by atoms with van der Waals surface area (Å²) in [5, 5.41) is 11.6. The Hall–Kier alpha value is -2.55. The number of nitrogens with zero attached hydrogens (tertiary/aromatic N) is 1. The van der Waals surface area contributed by atoms with E-state index in [4.69, 9.17) is 5.11 Å². The first-order valence-electron chi connectivity index (χ1n) is 8.17. The second kappa shape index (κ2) is 9.23. The molecule has 0 radical (unpaired) electrons. The summed E-state index contributed by atoms with van der Waals surface area (Å²) in [4.78, 5) is 50.9. The predicted molar refractivity (Wildman–Crippen MR) is 101 cm³/mol. The highest BCUT2D eigenvalue weighted by molar-refractivity contribution is 7.98. The van der Waals surface area contributed by atoms with Crippen molar-refractivity contribution in [3.63, 3.8) is 0 Å². The van der Waals surface area contributed by atoms with Crippen molar-refractivity contribution in [2.45, 2.75) is 25.3 Å². The van der Waals surface area contributed by atoms with Crippen molar-refractivity contribution in [2.24, 2.45) is 0 Å². The minimum atomic E-state index is -0.951. The third kappa shape index (κ3) is 4.75. The zero-order valence-electron chi connectivity index (χ0n) is 14.4. The third-order valence-electron chi connectivity index (χ3n) is 3.91. The van der Waals surface area contributed by atoms with E-state index in [9.17, 15) is 19.2 Å². The molecule has 1 aromatic heterocycles. The van der Waals surface area contributed by atoms with Crippen LogP contribution in [0.4, 0.5) is 0 Å². The molecule has 1 heterocycles. The molecule has 0 bridgehead atoms. The maximum Gasteiger partial charge on any atom is 0.329 e. The van der Waals surface area contributed by atoms with Gasteiger partial charge in [0.15, 0.2) is 0 Å². The van der Waals surface area contributed by atoms with E-state index in [-0.39, 0.29) is 19.4 Å². The highest BCUT2D eigenvalue weighted by atomic mass is 32.2. The Morgan fingerprint density at radius 2 is 2.04 bits per heavy atom. The van der Waals surface area contributed by atoms with Gasteiger partial charge in [-0.3, -0.25) is 14.4 Å². The Labute approximate surface area is 153 Å². The van der Waals surface area contributed by atoms with Gasteiger partial charge in [0, 0.05) is 13.0 Å². The number of hydrogen-bond donors (Lipinski definition) is 3. The van der Waals surface area contributed by atoms with E-state index < -0.39 is 29.2 Å². The van der Waals surface area contributed by atoms with E-state index >= 15 is 0 Å². The lowest BCUT2D eigenvalue weighted by molar-refractivity contribution is -0.137. The quantitative estimate of drug-likeness (QED) is 0.558. The van der Waals surface area contributed by atoms with Gasteiger partial charge in [0.05, 0.1) is 10.9 Å². The monoisotopic (exact) mass is 379 g/mol. The van der Waals surface area contributed by atoms with Crippen molar-refractivity contribution in [1.82, 2.24) is 14.9 Å². The minimum Gasteiger partial charge on any atom is -0.481 e. The fourth-order valence-electron chi connectivity index (χ4n) is 2.64. The normalized spacial score (nSPS) is 12.0. The predicted octanol–water partition coefficient (Wildman–Crippen LogP) is 0.965. The molecule has 0 aliphatic heterocycles. The number of aromatic amines is 1. The molecule has 0 fully saturated rings. The Bertz CT molecular complexity index is 905. The van der Waals surface area contributed by atoms with E-state index in [1.807, 2.05) is 6.26 Å². The molecule has 9 heteroatoms. The number of thioether (sulfide) groups is 1. The number of benzene rings is 1. The molecule has 140 valence electrons. The van der Waals surface area contributed by atoms with Gasteiger partial charge in [-0.15, -0.1) is 0 Å². The van der Waals surface area contributed by atoms with Crippen LogP contribution in [-0.4, -0.2) is 45.1 Å². The van der Waals surface area contributed by atoms with Crippen molar-refractivity contribution in [2.75, 3.05) is 18.6 Å². The van der Waals surface area contributed by atoms with E-state index in [0.717, 1.165) is 4.57 Å². The maximum atomic E-state index is 12.8. The molecule has 3 N–H and O–H groups in total. The number of nitrogens with one attached hydrogen (secondary N) is 2. The Kier molecular flexibility index (Phi) is 7.02. The maximum absolute atomic E-state index is 12.8. The zero-order valence-corrected chi connectivity index (χ0v) is 15.2. The molecule has 0 aliphatic carbocycles. The number of rotatable bonds is 9. The van der Waals surface area contributed by atoms with Gasteiger partial charge in [0.2, 0.25) is 5.91 Å². The molecule has 0 saturated carbocycles. The van der Waals surface area contributed by atoms with Crippen LogP contribution in [0.25, 0.3) is 10.9 Å². The molecule has 1 amide bonds. The average Bonchev–Trinajstić information content (AvgIpc) is 2.61. The van der Waals surface area contributed by atoms with E-state index in [1.54, 1.807) is 24.3 Å². The minimum absolute atomic E-state index is 0.0632. The molecular formula is C17H21N3O5S. The summed E-state index contributed by atoms with van der Waals surface area (Å²) in [6.45, 7) is 0.168. The average molecular weight is 379 g/mol. The van der Waals surface area contributed by atoms with Crippen LogP contribution < -0.4 is 16.6 Å². The first-order chi connectivity index (χ1) is 12.5. The summed E-state index contributed by atoms with van der Waals surface area (Å²) < 4.78 is 0.949. The number of fused-ring (bicyclic) bond motifs is 1. The van der Waals surface area contributed by atoms with Crippen LogP contribution in [0.3, 0.4) is 0 Å². The molecule has 0 spiro atoms. The van der Waals surface area contributed by atoms with Crippen molar-refractivity contribution in [3.05, 3.63) is 45.1 Å². The molecule has 26 heavy (non-hydrogen) atoms. The standard InChI is InChI=1S/C17H21N3O5S/c1-26-10-8-13(15(23)18-9-4-7-14(21)22)20-16(24)11-5-2-3-6-12(11)19-17(20)25/h2-3,5-6,13H,4,7-10H2,1H3,(H,18,23)(H,19,25)(H,21,22)/t13-/m1/s1. The van der Waals surface area contributed by atoms with Crippen molar-refractivity contribution < 1.29 is 14.7 Å². The largest absolute Gasteiger partial charge is 0.481 e. The summed E-state index contributed by atoms with van der Waals surface area (Å²) in [7, 11) is 0. The lowest BCUT2D eigenvalue weighted by Crippen LogP contribution is -2.45. The molecule has 0 unspecified atom stereocenters. The van der Waals surface area contributed by atoms with E-state index in [2.05, 4.69) is 10.3 Å². The summed E-state index contributed by atoms with van der Waals surface area (Å²) in [6, 6.07) is 5.68. The zero-order chi connectivity index (χ0) is 19.1. The number of hydrogen-bond acceptors (Lipinski definition) is 5. The number of carbonyl (C=O) groups is 2. The number of H-pyrrole nitrogens is 1. The lowest BCUT2D eigenvalue weighted by Gasteiger charge is -2.18. The number of carbonyl (C=O) groups excluding carboxylic acids is 1. The number of aromatic nitrogens is 2. The number of amides is 1. The Balaban J connectivity index is 2.33. The third-order valence-corrected chi connectivity index (χ3v) is 4.56. The Morgan fingerprint density at radius 3 is 2.73 bits per heavy atom. The van der Waals surface area contributed by atoms with Crippen LogP contribution in [-0.2, 0) is 9.59 Å². The topological polar surface area (TPSA) is 121 Å². The molecule has 2 aromatic rings. The number of aliphatic carboxylic acids is 1. The van der Waals surface area contributed by atoms with Gasteiger partial charge in [-0.2, -0.15) is 11.8 Å².